The molecular formula is C10H20N2. The van der Waals surface area contributed by atoms with Gasteiger partial charge in [-0.25, -0.2) is 0 Å². The third-order valence-corrected chi connectivity index (χ3v) is 3.51. The summed E-state index contributed by atoms with van der Waals surface area (Å²) in [6.45, 7) is 6.27. The van der Waals surface area contributed by atoms with Crippen LogP contribution in [0.25, 0.3) is 0 Å². The van der Waals surface area contributed by atoms with E-state index >= 15 is 0 Å². The van der Waals surface area contributed by atoms with E-state index in [0.717, 1.165) is 5.92 Å². The highest BCUT2D eigenvalue weighted by atomic mass is 15.2. The summed E-state index contributed by atoms with van der Waals surface area (Å²) in [5.41, 5.74) is 0.500. The van der Waals surface area contributed by atoms with Gasteiger partial charge in [0.05, 0.1) is 0 Å². The predicted octanol–water partition coefficient (Wildman–Crippen LogP) is 1.08. The van der Waals surface area contributed by atoms with Gasteiger partial charge in [-0.1, -0.05) is 6.92 Å². The lowest BCUT2D eigenvalue weighted by molar-refractivity contribution is 0.0439. The quantitative estimate of drug-likeness (QED) is 0.678. The van der Waals surface area contributed by atoms with Gasteiger partial charge in [-0.15, -0.1) is 0 Å². The Labute approximate surface area is 75.3 Å². The van der Waals surface area contributed by atoms with Crippen LogP contribution >= 0.6 is 0 Å². The Kier molecular flexibility index (Phi) is 2.13. The molecule has 0 unspecified atom stereocenters. The molecule has 1 aliphatic carbocycles. The molecule has 12 heavy (non-hydrogen) atoms. The molecule has 2 heteroatoms. The van der Waals surface area contributed by atoms with Crippen molar-refractivity contribution >= 4 is 0 Å². The second-order valence-electron chi connectivity index (χ2n) is 4.68. The SMILES string of the molecule is CNC1(CN2CC(C)C2)CCC1. The van der Waals surface area contributed by atoms with Gasteiger partial charge in [0.25, 0.3) is 0 Å². The van der Waals surface area contributed by atoms with Crippen molar-refractivity contribution in [3.63, 3.8) is 0 Å². The van der Waals surface area contributed by atoms with Crippen molar-refractivity contribution in [2.24, 2.45) is 5.92 Å². The molecule has 70 valence electrons. The summed E-state index contributed by atoms with van der Waals surface area (Å²) in [6, 6.07) is 0. The Balaban J connectivity index is 1.77. The highest BCUT2D eigenvalue weighted by Crippen LogP contribution is 2.33. The molecule has 1 aliphatic heterocycles. The molecule has 2 nitrogen and oxygen atoms in total. The van der Waals surface area contributed by atoms with E-state index in [1.807, 2.05) is 0 Å². The molecular weight excluding hydrogens is 148 g/mol. The van der Waals surface area contributed by atoms with Gasteiger partial charge in [-0.05, 0) is 32.2 Å². The molecule has 1 saturated heterocycles. The third-order valence-electron chi connectivity index (χ3n) is 3.51. The topological polar surface area (TPSA) is 15.3 Å². The molecule has 2 fully saturated rings. The van der Waals surface area contributed by atoms with Crippen LogP contribution in [-0.4, -0.2) is 37.1 Å². The molecule has 1 N–H and O–H groups in total. The van der Waals surface area contributed by atoms with Gasteiger partial charge in [-0.2, -0.15) is 0 Å². The van der Waals surface area contributed by atoms with Gasteiger partial charge < -0.3 is 10.2 Å². The fourth-order valence-electron chi connectivity index (χ4n) is 2.48. The van der Waals surface area contributed by atoms with Gasteiger partial charge >= 0.3 is 0 Å². The summed E-state index contributed by atoms with van der Waals surface area (Å²) in [7, 11) is 2.11. The largest absolute Gasteiger partial charge is 0.313 e. The van der Waals surface area contributed by atoms with Crippen molar-refractivity contribution in [2.75, 3.05) is 26.7 Å². The summed E-state index contributed by atoms with van der Waals surface area (Å²) in [5.74, 6) is 0.944. The maximum atomic E-state index is 3.49. The fourth-order valence-corrected chi connectivity index (χ4v) is 2.48. The van der Waals surface area contributed by atoms with Crippen molar-refractivity contribution in [1.82, 2.24) is 10.2 Å². The Morgan fingerprint density at radius 1 is 1.42 bits per heavy atom. The minimum Gasteiger partial charge on any atom is -0.313 e. The van der Waals surface area contributed by atoms with Crippen LogP contribution in [0.1, 0.15) is 26.2 Å². The van der Waals surface area contributed by atoms with Crippen molar-refractivity contribution in [3.8, 4) is 0 Å². The first-order valence-corrected chi connectivity index (χ1v) is 5.15. The Morgan fingerprint density at radius 2 is 2.08 bits per heavy atom. The number of nitrogens with one attached hydrogen (secondary N) is 1. The van der Waals surface area contributed by atoms with Gasteiger partial charge in [0.1, 0.15) is 0 Å². The van der Waals surface area contributed by atoms with Crippen molar-refractivity contribution in [3.05, 3.63) is 0 Å². The number of likely N-dealkylation sites (N-methyl/N-ethyl adjacent to an activating group) is 1. The first-order chi connectivity index (χ1) is 5.74. The van der Waals surface area contributed by atoms with Gasteiger partial charge in [0.15, 0.2) is 0 Å². The molecule has 0 radical (unpaired) electrons. The molecule has 0 aromatic carbocycles. The summed E-state index contributed by atoms with van der Waals surface area (Å²) >= 11 is 0. The van der Waals surface area contributed by atoms with Crippen molar-refractivity contribution < 1.29 is 0 Å². The molecule has 0 aromatic heterocycles. The molecule has 2 rings (SSSR count). The molecule has 0 amide bonds. The molecule has 1 heterocycles. The summed E-state index contributed by atoms with van der Waals surface area (Å²) in [6.07, 6.45) is 4.19. The van der Waals surface area contributed by atoms with E-state index in [1.165, 1.54) is 38.9 Å². The highest BCUT2D eigenvalue weighted by Gasteiger charge is 2.39. The molecule has 1 saturated carbocycles. The number of hydrogen-bond donors (Lipinski definition) is 1. The molecule has 0 aromatic rings. The highest BCUT2D eigenvalue weighted by molar-refractivity contribution is 4.99. The Bertz CT molecular complexity index is 152. The molecule has 0 bridgehead atoms. The Hall–Kier alpha value is -0.0800. The zero-order valence-corrected chi connectivity index (χ0v) is 8.27. The number of hydrogen-bond acceptors (Lipinski definition) is 2. The van der Waals surface area contributed by atoms with E-state index in [-0.39, 0.29) is 0 Å². The van der Waals surface area contributed by atoms with E-state index in [4.69, 9.17) is 0 Å². The Morgan fingerprint density at radius 3 is 2.42 bits per heavy atom. The van der Waals surface area contributed by atoms with Crippen LogP contribution in [0.5, 0.6) is 0 Å². The fraction of sp³-hybridized carbons (Fsp3) is 1.00. The average molecular weight is 168 g/mol. The predicted molar refractivity (Wildman–Crippen MR) is 51.2 cm³/mol. The van der Waals surface area contributed by atoms with Gasteiger partial charge in [0, 0.05) is 25.2 Å². The standard InChI is InChI=1S/C10H20N2/c1-9-6-12(7-9)8-10(11-2)4-3-5-10/h9,11H,3-8H2,1-2H3. The monoisotopic (exact) mass is 168 g/mol. The summed E-state index contributed by atoms with van der Waals surface area (Å²) in [5, 5.41) is 3.49. The lowest BCUT2D eigenvalue weighted by Crippen LogP contribution is -2.60. The first-order valence-electron chi connectivity index (χ1n) is 5.15. The normalized spacial score (nSPS) is 29.5. The van der Waals surface area contributed by atoms with Crippen LogP contribution in [0.15, 0.2) is 0 Å². The van der Waals surface area contributed by atoms with E-state index in [2.05, 4.69) is 24.2 Å². The molecule has 0 atom stereocenters. The maximum absolute atomic E-state index is 3.49. The lowest BCUT2D eigenvalue weighted by Gasteiger charge is -2.49. The minimum atomic E-state index is 0.500. The molecule has 2 aliphatic rings. The second-order valence-corrected chi connectivity index (χ2v) is 4.68. The first kappa shape index (κ1) is 8.52. The van der Waals surface area contributed by atoms with Crippen LogP contribution in [-0.2, 0) is 0 Å². The van der Waals surface area contributed by atoms with Crippen molar-refractivity contribution in [2.45, 2.75) is 31.7 Å². The van der Waals surface area contributed by atoms with E-state index in [1.54, 1.807) is 0 Å². The lowest BCUT2D eigenvalue weighted by atomic mass is 9.75. The van der Waals surface area contributed by atoms with Gasteiger partial charge in [-0.3, -0.25) is 0 Å². The number of nitrogens with zero attached hydrogens (tertiary/aromatic N) is 1. The maximum Gasteiger partial charge on any atom is 0.0306 e. The van der Waals surface area contributed by atoms with Crippen LogP contribution in [0.4, 0.5) is 0 Å². The average Bonchev–Trinajstić information content (AvgIpc) is 1.92. The zero-order chi connectivity index (χ0) is 8.60. The molecule has 0 spiro atoms. The van der Waals surface area contributed by atoms with Crippen LogP contribution in [0.2, 0.25) is 0 Å². The van der Waals surface area contributed by atoms with Crippen LogP contribution < -0.4 is 5.32 Å². The third kappa shape index (κ3) is 1.38. The van der Waals surface area contributed by atoms with Gasteiger partial charge in [0.2, 0.25) is 0 Å². The van der Waals surface area contributed by atoms with E-state index < -0.39 is 0 Å². The minimum absolute atomic E-state index is 0.500. The second kappa shape index (κ2) is 3.00. The van der Waals surface area contributed by atoms with Crippen LogP contribution in [0, 0.1) is 5.92 Å². The van der Waals surface area contributed by atoms with Crippen molar-refractivity contribution in [1.29, 1.82) is 0 Å². The van der Waals surface area contributed by atoms with Crippen LogP contribution in [0.3, 0.4) is 0 Å². The summed E-state index contributed by atoms with van der Waals surface area (Å²) < 4.78 is 0. The summed E-state index contributed by atoms with van der Waals surface area (Å²) in [4.78, 5) is 2.58. The number of rotatable bonds is 3. The zero-order valence-electron chi connectivity index (χ0n) is 8.27. The smallest absolute Gasteiger partial charge is 0.0306 e. The van der Waals surface area contributed by atoms with E-state index in [9.17, 15) is 0 Å². The van der Waals surface area contributed by atoms with E-state index in [0.29, 0.717) is 5.54 Å². The number of likely N-dealkylation sites (tertiary alicyclic amines) is 1.